The van der Waals surface area contributed by atoms with Gasteiger partial charge >= 0.3 is 6.18 Å². The largest absolute Gasteiger partial charge is 0.490 e. The van der Waals surface area contributed by atoms with E-state index in [9.17, 15) is 18.0 Å². The summed E-state index contributed by atoms with van der Waals surface area (Å²) in [5.41, 5.74) is 5.78. The van der Waals surface area contributed by atoms with Crippen LogP contribution in [0.2, 0.25) is 0 Å². The fourth-order valence-corrected chi connectivity index (χ4v) is 6.97. The summed E-state index contributed by atoms with van der Waals surface area (Å²) in [5, 5.41) is 7.50. The number of aromatic nitrogens is 2. The fraction of sp³-hybridized carbons (Fsp3) is 0.167. The van der Waals surface area contributed by atoms with E-state index in [-0.39, 0.29) is 11.7 Å². The molecule has 54 heavy (non-hydrogen) atoms. The number of halogens is 3. The van der Waals surface area contributed by atoms with Crippen LogP contribution < -0.4 is 24.6 Å². The first-order valence-electron chi connectivity index (χ1n) is 17.5. The number of hydrogen-bond acceptors (Lipinski definition) is 7. The van der Waals surface area contributed by atoms with Gasteiger partial charge in [-0.1, -0.05) is 72.8 Å². The number of nitrogens with zero attached hydrogens (tertiary/aromatic N) is 5. The van der Waals surface area contributed by atoms with Crippen molar-refractivity contribution in [3.8, 4) is 17.2 Å². The van der Waals surface area contributed by atoms with E-state index in [0.717, 1.165) is 57.5 Å². The van der Waals surface area contributed by atoms with Gasteiger partial charge in [0.25, 0.3) is 5.91 Å². The van der Waals surface area contributed by atoms with Gasteiger partial charge in [-0.15, -0.1) is 0 Å². The van der Waals surface area contributed by atoms with E-state index in [2.05, 4.69) is 39.4 Å². The summed E-state index contributed by atoms with van der Waals surface area (Å²) in [6.45, 7) is 4.30. The van der Waals surface area contributed by atoms with Crippen LogP contribution >= 0.6 is 0 Å². The molecule has 1 N–H and O–H groups in total. The number of carbonyl (C=O) groups excluding carboxylic acids is 1. The van der Waals surface area contributed by atoms with Crippen molar-refractivity contribution in [1.29, 1.82) is 0 Å². The molecule has 0 saturated carbocycles. The second kappa shape index (κ2) is 14.1. The van der Waals surface area contributed by atoms with Crippen LogP contribution in [0, 0.1) is 6.92 Å². The first kappa shape index (κ1) is 34.5. The molecule has 0 saturated heterocycles. The minimum Gasteiger partial charge on any atom is -0.490 e. The van der Waals surface area contributed by atoms with Gasteiger partial charge < -0.3 is 19.7 Å². The van der Waals surface area contributed by atoms with E-state index < -0.39 is 24.3 Å². The van der Waals surface area contributed by atoms with Gasteiger partial charge in [-0.3, -0.25) is 9.69 Å². The van der Waals surface area contributed by atoms with E-state index >= 15 is 0 Å². The number of benzene rings is 5. The van der Waals surface area contributed by atoms with E-state index in [1.54, 1.807) is 6.07 Å². The van der Waals surface area contributed by atoms with Crippen LogP contribution in [0.1, 0.15) is 40.9 Å². The number of guanidine groups is 1. The number of amides is 1. The summed E-state index contributed by atoms with van der Waals surface area (Å²) >= 11 is 0. The zero-order valence-corrected chi connectivity index (χ0v) is 29.4. The Morgan fingerprint density at radius 3 is 2.28 bits per heavy atom. The number of aliphatic imine (C=N–C) groups is 1. The maximum Gasteiger partial charge on any atom is 0.416 e. The molecule has 0 radical (unpaired) electrons. The summed E-state index contributed by atoms with van der Waals surface area (Å²) in [5.74, 6) is 1.57. The monoisotopic (exact) mass is 728 g/mol. The smallest absolute Gasteiger partial charge is 0.416 e. The van der Waals surface area contributed by atoms with Crippen molar-refractivity contribution in [2.45, 2.75) is 32.6 Å². The normalized spacial score (nSPS) is 14.5. The predicted octanol–water partition coefficient (Wildman–Crippen LogP) is 9.23. The second-order valence-corrected chi connectivity index (χ2v) is 12.9. The Bertz CT molecular complexity index is 2360. The highest BCUT2D eigenvalue weighted by Crippen LogP contribution is 2.51. The predicted molar refractivity (Wildman–Crippen MR) is 202 cm³/mol. The van der Waals surface area contributed by atoms with Crippen molar-refractivity contribution in [2.24, 2.45) is 4.99 Å². The van der Waals surface area contributed by atoms with Crippen molar-refractivity contribution < 1.29 is 27.4 Å². The third-order valence-corrected chi connectivity index (χ3v) is 9.31. The van der Waals surface area contributed by atoms with Gasteiger partial charge in [0, 0.05) is 11.3 Å². The van der Waals surface area contributed by atoms with Crippen LogP contribution in [0.5, 0.6) is 11.5 Å². The Morgan fingerprint density at radius 1 is 0.815 bits per heavy atom. The third-order valence-electron chi connectivity index (χ3n) is 9.31. The number of rotatable bonds is 10. The van der Waals surface area contributed by atoms with E-state index in [4.69, 9.17) is 19.6 Å². The molecule has 6 aromatic rings. The van der Waals surface area contributed by atoms with E-state index in [1.807, 2.05) is 91.3 Å². The highest BCUT2D eigenvalue weighted by molar-refractivity contribution is 6.18. The molecule has 2 aliphatic heterocycles. The minimum absolute atomic E-state index is 0.0167. The molecular weight excluding hydrogens is 693 g/mol. The van der Waals surface area contributed by atoms with Crippen molar-refractivity contribution in [2.75, 3.05) is 28.3 Å². The summed E-state index contributed by atoms with van der Waals surface area (Å²) in [6.07, 6.45) is -4.53. The molecule has 0 aliphatic carbocycles. The van der Waals surface area contributed by atoms with Gasteiger partial charge in [-0.05, 0) is 79.6 Å². The molecule has 272 valence electrons. The topological polar surface area (TPSA) is 84.2 Å². The van der Waals surface area contributed by atoms with Gasteiger partial charge in [0.05, 0.1) is 47.5 Å². The minimum atomic E-state index is -4.53. The first-order chi connectivity index (χ1) is 26.2. The Hall–Kier alpha value is -6.56. The molecule has 12 heteroatoms. The van der Waals surface area contributed by atoms with Crippen LogP contribution in [0.15, 0.2) is 132 Å². The lowest BCUT2D eigenvalue weighted by atomic mass is 9.95. The molecule has 2 aliphatic rings. The summed E-state index contributed by atoms with van der Waals surface area (Å²) in [7, 11) is 0. The second-order valence-electron chi connectivity index (χ2n) is 12.9. The number of para-hydroxylation sites is 3. The third kappa shape index (κ3) is 6.51. The lowest BCUT2D eigenvalue weighted by molar-refractivity contribution is -0.137. The van der Waals surface area contributed by atoms with Gasteiger partial charge in [-0.2, -0.15) is 23.3 Å². The molecule has 0 spiro atoms. The Morgan fingerprint density at radius 2 is 1.54 bits per heavy atom. The van der Waals surface area contributed by atoms with Gasteiger partial charge in [0.1, 0.15) is 0 Å². The summed E-state index contributed by atoms with van der Waals surface area (Å²) in [4.78, 5) is 22.7. The zero-order valence-electron chi connectivity index (χ0n) is 29.4. The van der Waals surface area contributed by atoms with Crippen molar-refractivity contribution >= 4 is 34.7 Å². The molecule has 9 nitrogen and oxygen atoms in total. The van der Waals surface area contributed by atoms with Crippen molar-refractivity contribution in [1.82, 2.24) is 9.78 Å². The maximum absolute atomic E-state index is 13.2. The molecule has 1 atom stereocenters. The number of carbonyl (C=O) groups is 1. The Labute approximate surface area is 309 Å². The SMILES string of the molecule is CCOc1cc([C@H]2c3c(C)nn(-c4ccccc4)c3N=C3N(Cc4ccccc4)c4ccccc4N32)ccc1OCC(=O)Nc1cccc(C(F)(F)F)c1. The highest BCUT2D eigenvalue weighted by Gasteiger charge is 2.44. The fourth-order valence-electron chi connectivity index (χ4n) is 6.97. The average Bonchev–Trinajstić information content (AvgIpc) is 3.68. The number of ether oxygens (including phenoxy) is 2. The van der Waals surface area contributed by atoms with Crippen LogP contribution in [-0.4, -0.2) is 34.9 Å². The van der Waals surface area contributed by atoms with Crippen molar-refractivity contribution in [3.63, 3.8) is 0 Å². The van der Waals surface area contributed by atoms with E-state index in [0.29, 0.717) is 30.5 Å². The van der Waals surface area contributed by atoms with Crippen LogP contribution in [0.3, 0.4) is 0 Å². The number of fused-ring (bicyclic) bond motifs is 4. The molecule has 3 heterocycles. The number of alkyl halides is 3. The number of anilines is 3. The quantitative estimate of drug-likeness (QED) is 0.152. The van der Waals surface area contributed by atoms with Crippen molar-refractivity contribution in [3.05, 3.63) is 155 Å². The molecule has 0 unspecified atom stereocenters. The van der Waals surface area contributed by atoms with Gasteiger partial charge in [0.2, 0.25) is 5.96 Å². The lowest BCUT2D eigenvalue weighted by Crippen LogP contribution is -2.42. The molecule has 1 aromatic heterocycles. The summed E-state index contributed by atoms with van der Waals surface area (Å²) in [6, 6.07) is 38.1. The lowest BCUT2D eigenvalue weighted by Gasteiger charge is -2.35. The van der Waals surface area contributed by atoms with Crippen LogP contribution in [0.4, 0.5) is 36.1 Å². The van der Waals surface area contributed by atoms with Crippen LogP contribution in [0.25, 0.3) is 5.69 Å². The van der Waals surface area contributed by atoms with E-state index in [1.165, 1.54) is 12.1 Å². The molecule has 1 amide bonds. The molecule has 0 fully saturated rings. The number of aryl methyl sites for hydroxylation is 1. The summed E-state index contributed by atoms with van der Waals surface area (Å²) < 4.78 is 53.6. The highest BCUT2D eigenvalue weighted by atomic mass is 19.4. The Balaban J connectivity index is 1.18. The molecule has 5 aromatic carbocycles. The molecule has 8 rings (SSSR count). The van der Waals surface area contributed by atoms with Gasteiger partial charge in [0.15, 0.2) is 23.9 Å². The average molecular weight is 729 g/mol. The number of hydrogen-bond donors (Lipinski definition) is 1. The maximum atomic E-state index is 13.2. The van der Waals surface area contributed by atoms with Crippen LogP contribution in [-0.2, 0) is 17.5 Å². The van der Waals surface area contributed by atoms with Gasteiger partial charge in [-0.25, -0.2) is 4.68 Å². The zero-order chi connectivity index (χ0) is 37.4. The first-order valence-corrected chi connectivity index (χ1v) is 17.5. The Kier molecular flexibility index (Phi) is 9.02. The molecule has 0 bridgehead atoms. The standard InChI is InChI=1S/C42H35F3N6O3/c1-3-53-36-23-29(21-22-35(36)54-26-37(52)46-31-16-12-15-30(24-31)42(43,44)45)39-38-27(2)48-51(32-17-8-5-9-18-32)40(38)47-41-49(25-28-13-6-4-7-14-28)33-19-10-11-20-34(33)50(39)41/h4-24,39H,3,25-26H2,1-2H3,(H,46,52)/t39-/m0/s1. The molecular formula is C42H35F3N6O3. The number of nitrogens with one attached hydrogen (secondary N) is 1.